The maximum absolute atomic E-state index is 12.6. The van der Waals surface area contributed by atoms with E-state index in [4.69, 9.17) is 0 Å². The van der Waals surface area contributed by atoms with Crippen LogP contribution in [0.3, 0.4) is 0 Å². The van der Waals surface area contributed by atoms with Crippen molar-refractivity contribution >= 4 is 17.4 Å². The molecule has 1 aliphatic heterocycles. The molecule has 2 aromatic carbocycles. The van der Waals surface area contributed by atoms with Gasteiger partial charge in [-0.3, -0.25) is 9.59 Å². The number of aryl methyl sites for hydroxylation is 1. The van der Waals surface area contributed by atoms with Gasteiger partial charge in [0.25, 0.3) is 5.91 Å². The molecule has 148 valence electrons. The maximum atomic E-state index is 12.6. The van der Waals surface area contributed by atoms with Crippen LogP contribution in [-0.4, -0.2) is 43.9 Å². The van der Waals surface area contributed by atoms with E-state index in [0.29, 0.717) is 5.56 Å². The van der Waals surface area contributed by atoms with Crippen LogP contribution in [0.15, 0.2) is 48.5 Å². The molecule has 0 aromatic heterocycles. The Bertz CT molecular complexity index is 824. The van der Waals surface area contributed by atoms with E-state index in [2.05, 4.69) is 36.5 Å². The first-order chi connectivity index (χ1) is 13.4. The Morgan fingerprint density at radius 1 is 1.04 bits per heavy atom. The molecule has 1 atom stereocenters. The zero-order valence-electron chi connectivity index (χ0n) is 17.0. The number of hydrogen-bond donors (Lipinski definition) is 3. The van der Waals surface area contributed by atoms with Crippen molar-refractivity contribution in [2.75, 3.05) is 31.5 Å². The quantitative estimate of drug-likeness (QED) is 0.639. The van der Waals surface area contributed by atoms with E-state index in [0.717, 1.165) is 38.4 Å². The third kappa shape index (κ3) is 5.27. The standard InChI is InChI=1S/C23H29N3O2/c1-17-5-4-6-20(15-17)16-25-11-13-26(14-12-25)18(2)23(28)24-22-9-7-21(8-10-22)19(3)27/h4-10,15,18H,11-14,16H2,1-3H3,(H,24,28)/p+2/t18-/m1/s1. The number of carbonyl (C=O) groups is 2. The van der Waals surface area contributed by atoms with Crippen LogP contribution in [0.2, 0.25) is 0 Å². The van der Waals surface area contributed by atoms with Gasteiger partial charge in [0.05, 0.1) is 0 Å². The molecule has 0 bridgehead atoms. The first-order valence-corrected chi connectivity index (χ1v) is 10.1. The normalized spacial score (nSPS) is 20.4. The lowest BCUT2D eigenvalue weighted by Crippen LogP contribution is -3.29. The lowest BCUT2D eigenvalue weighted by atomic mass is 10.1. The summed E-state index contributed by atoms with van der Waals surface area (Å²) in [5, 5.41) is 2.98. The fourth-order valence-corrected chi connectivity index (χ4v) is 3.87. The Morgan fingerprint density at radius 3 is 2.32 bits per heavy atom. The Balaban J connectivity index is 1.49. The first kappa shape index (κ1) is 20.2. The number of ketones is 1. The molecule has 5 heteroatoms. The van der Waals surface area contributed by atoms with Gasteiger partial charge >= 0.3 is 0 Å². The summed E-state index contributed by atoms with van der Waals surface area (Å²) in [4.78, 5) is 26.9. The molecular weight excluding hydrogens is 350 g/mol. The van der Waals surface area contributed by atoms with E-state index >= 15 is 0 Å². The predicted molar refractivity (Wildman–Crippen MR) is 111 cm³/mol. The van der Waals surface area contributed by atoms with E-state index < -0.39 is 0 Å². The van der Waals surface area contributed by atoms with E-state index in [1.165, 1.54) is 16.0 Å². The summed E-state index contributed by atoms with van der Waals surface area (Å²) in [6.45, 7) is 10.9. The van der Waals surface area contributed by atoms with Crippen LogP contribution in [0.25, 0.3) is 0 Å². The summed E-state index contributed by atoms with van der Waals surface area (Å²) in [5.74, 6) is 0.0643. The van der Waals surface area contributed by atoms with Crippen molar-refractivity contribution in [3.05, 3.63) is 65.2 Å². The third-order valence-corrected chi connectivity index (χ3v) is 5.70. The minimum absolute atomic E-state index is 0.0294. The van der Waals surface area contributed by atoms with Gasteiger partial charge in [-0.15, -0.1) is 0 Å². The molecular formula is C23H31N3O2+2. The van der Waals surface area contributed by atoms with E-state index in [9.17, 15) is 9.59 Å². The van der Waals surface area contributed by atoms with Gasteiger partial charge < -0.3 is 15.1 Å². The number of piperazine rings is 1. The molecule has 1 aliphatic rings. The highest BCUT2D eigenvalue weighted by atomic mass is 16.2. The summed E-state index contributed by atoms with van der Waals surface area (Å²) < 4.78 is 0. The van der Waals surface area contributed by atoms with Gasteiger partial charge in [-0.05, 0) is 45.0 Å². The largest absolute Gasteiger partial charge is 0.322 e. The average Bonchev–Trinajstić information content (AvgIpc) is 2.68. The smallest absolute Gasteiger partial charge is 0.282 e. The van der Waals surface area contributed by atoms with E-state index in [1.807, 2.05) is 6.92 Å². The van der Waals surface area contributed by atoms with Crippen LogP contribution in [0, 0.1) is 6.92 Å². The molecule has 1 fully saturated rings. The molecule has 1 heterocycles. The van der Waals surface area contributed by atoms with Crippen molar-refractivity contribution in [1.29, 1.82) is 0 Å². The molecule has 0 saturated carbocycles. The third-order valence-electron chi connectivity index (χ3n) is 5.70. The second-order valence-electron chi connectivity index (χ2n) is 7.92. The highest BCUT2D eigenvalue weighted by Crippen LogP contribution is 2.10. The second kappa shape index (κ2) is 9.13. The molecule has 0 unspecified atom stereocenters. The molecule has 3 rings (SSSR count). The van der Waals surface area contributed by atoms with E-state index in [-0.39, 0.29) is 17.7 Å². The fraction of sp³-hybridized carbons (Fsp3) is 0.391. The van der Waals surface area contributed by atoms with Crippen molar-refractivity contribution in [2.45, 2.75) is 33.4 Å². The van der Waals surface area contributed by atoms with Crippen LogP contribution in [0.1, 0.15) is 35.3 Å². The van der Waals surface area contributed by atoms with Crippen molar-refractivity contribution in [2.24, 2.45) is 0 Å². The molecule has 28 heavy (non-hydrogen) atoms. The summed E-state index contributed by atoms with van der Waals surface area (Å²) in [7, 11) is 0. The molecule has 1 amide bonds. The first-order valence-electron chi connectivity index (χ1n) is 10.1. The number of quaternary nitrogens is 2. The molecule has 0 spiro atoms. The van der Waals surface area contributed by atoms with Crippen LogP contribution >= 0.6 is 0 Å². The Kier molecular flexibility index (Phi) is 6.60. The number of nitrogens with one attached hydrogen (secondary N) is 3. The Morgan fingerprint density at radius 2 is 1.71 bits per heavy atom. The van der Waals surface area contributed by atoms with Gasteiger partial charge in [-0.1, -0.05) is 29.8 Å². The van der Waals surface area contributed by atoms with Gasteiger partial charge in [-0.25, -0.2) is 0 Å². The summed E-state index contributed by atoms with van der Waals surface area (Å²) in [6, 6.07) is 15.7. The fourth-order valence-electron chi connectivity index (χ4n) is 3.87. The second-order valence-corrected chi connectivity index (χ2v) is 7.92. The summed E-state index contributed by atoms with van der Waals surface area (Å²) in [6.07, 6.45) is 0. The number of anilines is 1. The lowest BCUT2D eigenvalue weighted by molar-refractivity contribution is -1.02. The number of carbonyl (C=O) groups excluding carboxylic acids is 2. The van der Waals surface area contributed by atoms with Gasteiger partial charge in [0.15, 0.2) is 11.8 Å². The number of benzene rings is 2. The van der Waals surface area contributed by atoms with Crippen molar-refractivity contribution in [1.82, 2.24) is 0 Å². The van der Waals surface area contributed by atoms with Crippen LogP contribution in [-0.2, 0) is 11.3 Å². The lowest BCUT2D eigenvalue weighted by Gasteiger charge is -2.32. The molecule has 0 radical (unpaired) electrons. The number of amides is 1. The Labute approximate surface area is 167 Å². The van der Waals surface area contributed by atoms with Gasteiger partial charge in [-0.2, -0.15) is 0 Å². The predicted octanol–water partition coefficient (Wildman–Crippen LogP) is 0.508. The molecule has 2 aromatic rings. The topological polar surface area (TPSA) is 55.0 Å². The highest BCUT2D eigenvalue weighted by molar-refractivity contribution is 5.96. The average molecular weight is 382 g/mol. The van der Waals surface area contributed by atoms with Crippen LogP contribution in [0.4, 0.5) is 5.69 Å². The zero-order chi connectivity index (χ0) is 20.1. The summed E-state index contributed by atoms with van der Waals surface area (Å²) >= 11 is 0. The van der Waals surface area contributed by atoms with Gasteiger partial charge in [0.2, 0.25) is 0 Å². The summed E-state index contributed by atoms with van der Waals surface area (Å²) in [5.41, 5.74) is 4.09. The number of hydrogen-bond acceptors (Lipinski definition) is 2. The minimum Gasteiger partial charge on any atom is -0.322 e. The van der Waals surface area contributed by atoms with Gasteiger partial charge in [0.1, 0.15) is 32.7 Å². The zero-order valence-corrected chi connectivity index (χ0v) is 17.0. The van der Waals surface area contributed by atoms with E-state index in [1.54, 1.807) is 36.1 Å². The highest BCUT2D eigenvalue weighted by Gasteiger charge is 2.31. The van der Waals surface area contributed by atoms with Crippen molar-refractivity contribution < 1.29 is 19.4 Å². The number of Topliss-reactive ketones (excluding diaryl/α,β-unsaturated/α-hetero) is 1. The molecule has 5 nitrogen and oxygen atoms in total. The molecule has 0 aliphatic carbocycles. The maximum Gasteiger partial charge on any atom is 0.282 e. The van der Waals surface area contributed by atoms with Crippen molar-refractivity contribution in [3.8, 4) is 0 Å². The van der Waals surface area contributed by atoms with Gasteiger partial charge in [0, 0.05) is 16.8 Å². The monoisotopic (exact) mass is 381 g/mol. The minimum atomic E-state index is -0.0898. The molecule has 1 saturated heterocycles. The number of rotatable bonds is 6. The SMILES string of the molecule is CC(=O)c1ccc(NC(=O)[C@@H](C)[NH+]2CC[NH+](Cc3cccc(C)c3)CC2)cc1. The Hall–Kier alpha value is -2.50. The molecule has 3 N–H and O–H groups in total. The van der Waals surface area contributed by atoms with Crippen LogP contribution < -0.4 is 15.1 Å². The van der Waals surface area contributed by atoms with Crippen LogP contribution in [0.5, 0.6) is 0 Å². The van der Waals surface area contributed by atoms with Crippen molar-refractivity contribution in [3.63, 3.8) is 0 Å².